The zero-order chi connectivity index (χ0) is 15.2. The van der Waals surface area contributed by atoms with Crippen molar-refractivity contribution < 1.29 is 14.3 Å². The second-order valence-electron chi connectivity index (χ2n) is 5.37. The van der Waals surface area contributed by atoms with Crippen molar-refractivity contribution in [1.82, 2.24) is 0 Å². The molecule has 1 aliphatic heterocycles. The van der Waals surface area contributed by atoms with Gasteiger partial charge in [-0.1, -0.05) is 19.3 Å². The maximum Gasteiger partial charge on any atom is 0.336 e. The molecule has 0 aromatic heterocycles. The lowest BCUT2D eigenvalue weighted by atomic mass is 9.86. The van der Waals surface area contributed by atoms with E-state index in [1.165, 1.54) is 19.3 Å². The third-order valence-electron chi connectivity index (χ3n) is 3.80. The second-order valence-corrected chi connectivity index (χ2v) is 5.37. The van der Waals surface area contributed by atoms with E-state index in [4.69, 9.17) is 16.0 Å². The van der Waals surface area contributed by atoms with Crippen LogP contribution in [-0.2, 0) is 14.3 Å². The van der Waals surface area contributed by atoms with E-state index in [1.807, 2.05) is 13.0 Å². The minimum Gasteiger partial charge on any atom is -0.471 e. The van der Waals surface area contributed by atoms with E-state index in [9.17, 15) is 4.79 Å². The third kappa shape index (κ3) is 3.75. The van der Waals surface area contributed by atoms with Gasteiger partial charge in [-0.15, -0.1) is 0 Å². The molecule has 0 saturated heterocycles. The predicted molar refractivity (Wildman–Crippen MR) is 79.8 cm³/mol. The van der Waals surface area contributed by atoms with Crippen LogP contribution in [0.25, 0.3) is 4.85 Å². The standard InChI is InChI=1S/C17H21NO3/c1-4-20-17(19)16(18-3)14-10-12(2)21-15(11-14)13-8-6-5-7-9-13/h10-11,13H,4-9H2,1-2H3. The molecule has 112 valence electrons. The first-order valence-corrected chi connectivity index (χ1v) is 7.52. The van der Waals surface area contributed by atoms with Crippen LogP contribution in [-0.4, -0.2) is 12.6 Å². The van der Waals surface area contributed by atoms with E-state index >= 15 is 0 Å². The summed E-state index contributed by atoms with van der Waals surface area (Å²) >= 11 is 0. The zero-order valence-corrected chi connectivity index (χ0v) is 12.6. The van der Waals surface area contributed by atoms with Gasteiger partial charge in [-0.2, -0.15) is 0 Å². The molecule has 4 heteroatoms. The number of carbonyl (C=O) groups is 1. The van der Waals surface area contributed by atoms with Gasteiger partial charge in [-0.05, 0) is 44.4 Å². The van der Waals surface area contributed by atoms with E-state index in [1.54, 1.807) is 13.0 Å². The predicted octanol–water partition coefficient (Wildman–Crippen LogP) is 4.12. The van der Waals surface area contributed by atoms with Crippen molar-refractivity contribution in [2.24, 2.45) is 5.92 Å². The maximum absolute atomic E-state index is 11.9. The number of esters is 1. The van der Waals surface area contributed by atoms with Crippen LogP contribution in [0.1, 0.15) is 46.0 Å². The van der Waals surface area contributed by atoms with Gasteiger partial charge < -0.3 is 9.47 Å². The molecule has 0 N–H and O–H groups in total. The molecule has 0 amide bonds. The Hall–Kier alpha value is -2.02. The van der Waals surface area contributed by atoms with Gasteiger partial charge >= 0.3 is 5.97 Å². The van der Waals surface area contributed by atoms with E-state index < -0.39 is 5.97 Å². The summed E-state index contributed by atoms with van der Waals surface area (Å²) in [6, 6.07) is 0. The Morgan fingerprint density at radius 1 is 1.38 bits per heavy atom. The third-order valence-corrected chi connectivity index (χ3v) is 3.80. The number of rotatable bonds is 3. The molecule has 0 bridgehead atoms. The normalized spacial score (nSPS) is 21.6. The van der Waals surface area contributed by atoms with Gasteiger partial charge in [0, 0.05) is 5.92 Å². The van der Waals surface area contributed by atoms with Gasteiger partial charge in [0.1, 0.15) is 5.76 Å². The summed E-state index contributed by atoms with van der Waals surface area (Å²) < 4.78 is 10.8. The molecular weight excluding hydrogens is 266 g/mol. The summed E-state index contributed by atoms with van der Waals surface area (Å²) in [4.78, 5) is 15.2. The highest BCUT2D eigenvalue weighted by molar-refractivity contribution is 5.92. The molecule has 1 aliphatic carbocycles. The van der Waals surface area contributed by atoms with Crippen LogP contribution in [0.2, 0.25) is 0 Å². The fourth-order valence-electron chi connectivity index (χ4n) is 2.81. The van der Waals surface area contributed by atoms with Crippen molar-refractivity contribution in [2.75, 3.05) is 6.61 Å². The lowest BCUT2D eigenvalue weighted by Crippen LogP contribution is -2.14. The monoisotopic (exact) mass is 287 g/mol. The lowest BCUT2D eigenvalue weighted by molar-refractivity contribution is -0.138. The van der Waals surface area contributed by atoms with E-state index in [2.05, 4.69) is 4.85 Å². The van der Waals surface area contributed by atoms with Gasteiger partial charge in [-0.3, -0.25) is 4.79 Å². The fraction of sp³-hybridized carbons (Fsp3) is 0.529. The van der Waals surface area contributed by atoms with Crippen molar-refractivity contribution in [3.05, 3.63) is 46.4 Å². The molecule has 2 rings (SSSR count). The minimum atomic E-state index is -0.562. The Morgan fingerprint density at radius 2 is 2.10 bits per heavy atom. The Morgan fingerprint density at radius 3 is 2.71 bits per heavy atom. The summed E-state index contributed by atoms with van der Waals surface area (Å²) in [5, 5.41) is 0. The maximum atomic E-state index is 11.9. The Kier molecular flexibility index (Phi) is 5.21. The van der Waals surface area contributed by atoms with Crippen LogP contribution < -0.4 is 0 Å². The molecule has 0 radical (unpaired) electrons. The van der Waals surface area contributed by atoms with Crippen LogP contribution >= 0.6 is 0 Å². The van der Waals surface area contributed by atoms with Gasteiger partial charge in [0.2, 0.25) is 0 Å². The van der Waals surface area contributed by atoms with Gasteiger partial charge in [0.15, 0.2) is 0 Å². The zero-order valence-electron chi connectivity index (χ0n) is 12.6. The number of allylic oxidation sites excluding steroid dienone is 5. The Labute approximate surface area is 125 Å². The number of nitrogens with zero attached hydrogens (tertiary/aromatic N) is 1. The van der Waals surface area contributed by atoms with Crippen molar-refractivity contribution in [3.8, 4) is 0 Å². The van der Waals surface area contributed by atoms with Crippen LogP contribution in [0.4, 0.5) is 0 Å². The molecule has 0 spiro atoms. The highest BCUT2D eigenvalue weighted by Crippen LogP contribution is 2.35. The Balaban J connectivity index is 2.32. The van der Waals surface area contributed by atoms with Crippen molar-refractivity contribution >= 4 is 5.97 Å². The van der Waals surface area contributed by atoms with E-state index in [-0.39, 0.29) is 12.3 Å². The summed E-state index contributed by atoms with van der Waals surface area (Å²) in [5.41, 5.74) is 0.639. The van der Waals surface area contributed by atoms with Gasteiger partial charge in [0.05, 0.1) is 18.9 Å². The molecular formula is C17H21NO3. The summed E-state index contributed by atoms with van der Waals surface area (Å²) in [6.45, 7) is 11.1. The molecule has 0 aromatic carbocycles. The largest absolute Gasteiger partial charge is 0.471 e. The number of carbonyl (C=O) groups excluding carboxylic acids is 1. The number of hydrogen-bond donors (Lipinski definition) is 0. The first-order chi connectivity index (χ1) is 10.2. The quantitative estimate of drug-likeness (QED) is 0.445. The van der Waals surface area contributed by atoms with Gasteiger partial charge in [-0.25, -0.2) is 4.85 Å². The molecule has 0 atom stereocenters. The molecule has 0 aromatic rings. The van der Waals surface area contributed by atoms with Crippen LogP contribution in [0.15, 0.2) is 34.9 Å². The Bertz CT molecular complexity index is 543. The highest BCUT2D eigenvalue weighted by Gasteiger charge is 2.24. The van der Waals surface area contributed by atoms with Crippen LogP contribution in [0, 0.1) is 12.5 Å². The molecule has 2 aliphatic rings. The molecule has 21 heavy (non-hydrogen) atoms. The number of hydrogen-bond acceptors (Lipinski definition) is 3. The summed E-state index contributed by atoms with van der Waals surface area (Å²) in [6.07, 6.45) is 9.49. The summed E-state index contributed by atoms with van der Waals surface area (Å²) in [5.74, 6) is 1.44. The average molecular weight is 287 g/mol. The number of ether oxygens (including phenoxy) is 2. The molecule has 0 unspecified atom stereocenters. The van der Waals surface area contributed by atoms with Crippen molar-refractivity contribution in [3.63, 3.8) is 0 Å². The SMILES string of the molecule is [C-]#[N+]C(C(=O)OCC)=C1C=C(C)OC(C2CCCCC2)=C1. The topological polar surface area (TPSA) is 39.9 Å². The first-order valence-electron chi connectivity index (χ1n) is 7.52. The fourth-order valence-corrected chi connectivity index (χ4v) is 2.81. The molecule has 1 heterocycles. The molecule has 1 saturated carbocycles. The minimum absolute atomic E-state index is 0.0350. The van der Waals surface area contributed by atoms with E-state index in [0.29, 0.717) is 11.5 Å². The first kappa shape index (κ1) is 15.4. The van der Waals surface area contributed by atoms with E-state index in [0.717, 1.165) is 24.4 Å². The molecule has 4 nitrogen and oxygen atoms in total. The molecule has 1 fully saturated rings. The van der Waals surface area contributed by atoms with Crippen molar-refractivity contribution in [1.29, 1.82) is 0 Å². The van der Waals surface area contributed by atoms with Crippen LogP contribution in [0.5, 0.6) is 0 Å². The summed E-state index contributed by atoms with van der Waals surface area (Å²) in [7, 11) is 0. The van der Waals surface area contributed by atoms with Crippen molar-refractivity contribution in [2.45, 2.75) is 46.0 Å². The van der Waals surface area contributed by atoms with Crippen LogP contribution in [0.3, 0.4) is 0 Å². The lowest BCUT2D eigenvalue weighted by Gasteiger charge is -2.27. The average Bonchev–Trinajstić information content (AvgIpc) is 2.48. The highest BCUT2D eigenvalue weighted by atomic mass is 16.5. The second kappa shape index (κ2) is 7.12. The smallest absolute Gasteiger partial charge is 0.336 e. The van der Waals surface area contributed by atoms with Gasteiger partial charge in [0.25, 0.3) is 5.70 Å².